The highest BCUT2D eigenvalue weighted by molar-refractivity contribution is 5.58. The van der Waals surface area contributed by atoms with E-state index in [1.54, 1.807) is 6.07 Å². The van der Waals surface area contributed by atoms with Crippen molar-refractivity contribution in [1.82, 2.24) is 0 Å². The Balaban J connectivity index is 2.65. The zero-order chi connectivity index (χ0) is 9.80. The van der Waals surface area contributed by atoms with E-state index in [4.69, 9.17) is 0 Å². The molecule has 1 aromatic carbocycles. The van der Waals surface area contributed by atoms with Crippen LogP contribution in [0.2, 0.25) is 0 Å². The molecule has 0 amide bonds. The molecule has 0 saturated carbocycles. The maximum absolute atomic E-state index is 9.63. The molecule has 0 aromatic heterocycles. The minimum Gasteiger partial charge on any atom is -0.508 e. The molecular formula is C11H14O2. The fraction of sp³-hybridized carbons (Fsp3) is 0.455. The van der Waals surface area contributed by atoms with Crippen molar-refractivity contribution < 1.29 is 10.2 Å². The van der Waals surface area contributed by atoms with Crippen LogP contribution in [0.25, 0.3) is 0 Å². The van der Waals surface area contributed by atoms with Crippen LogP contribution in [0, 0.1) is 0 Å². The van der Waals surface area contributed by atoms with Gasteiger partial charge in [-0.2, -0.15) is 0 Å². The lowest BCUT2D eigenvalue weighted by Crippen LogP contribution is -2.36. The summed E-state index contributed by atoms with van der Waals surface area (Å²) in [6.45, 7) is 6.33. The number of benzene rings is 1. The van der Waals surface area contributed by atoms with Crippen molar-refractivity contribution >= 4 is 0 Å². The van der Waals surface area contributed by atoms with Crippen molar-refractivity contribution in [2.75, 3.05) is 0 Å². The number of hydrogen-bond acceptors (Lipinski definition) is 2. The van der Waals surface area contributed by atoms with Gasteiger partial charge in [0.25, 0.3) is 0 Å². The van der Waals surface area contributed by atoms with Gasteiger partial charge in [0.15, 0.2) is 0 Å². The molecule has 0 fully saturated rings. The molecule has 1 atom stereocenters. The van der Waals surface area contributed by atoms with Crippen LogP contribution < -0.4 is 0 Å². The molecule has 2 heteroatoms. The lowest BCUT2D eigenvalue weighted by Gasteiger charge is -2.45. The summed E-state index contributed by atoms with van der Waals surface area (Å²) in [5, 5.41) is 18.9. The number of fused-ring (bicyclic) bond motifs is 1. The number of phenols is 2. The van der Waals surface area contributed by atoms with Crippen molar-refractivity contribution in [3.63, 3.8) is 0 Å². The van der Waals surface area contributed by atoms with Gasteiger partial charge in [-0.15, -0.1) is 0 Å². The monoisotopic (exact) mass is 178 g/mol. The predicted octanol–water partition coefficient (Wildman–Crippen LogP) is 2.49. The number of phenolic OH excluding ortho intramolecular Hbond substituents is 2. The fourth-order valence-corrected chi connectivity index (χ4v) is 2.20. The molecule has 13 heavy (non-hydrogen) atoms. The van der Waals surface area contributed by atoms with Gasteiger partial charge >= 0.3 is 0 Å². The summed E-state index contributed by atoms with van der Waals surface area (Å²) in [6, 6.07) is 3.15. The van der Waals surface area contributed by atoms with Crippen molar-refractivity contribution in [2.24, 2.45) is 0 Å². The largest absolute Gasteiger partial charge is 0.508 e. The van der Waals surface area contributed by atoms with E-state index in [1.165, 1.54) is 6.07 Å². The molecule has 1 aliphatic rings. The minimum absolute atomic E-state index is 0.0348. The lowest BCUT2D eigenvalue weighted by atomic mass is 9.58. The van der Waals surface area contributed by atoms with Gasteiger partial charge in [-0.05, 0) is 17.5 Å². The standard InChI is InChI=1S/C11H14O2/c1-6-8-4-7(12)5-9(13)10(8)11(6,2)3/h4-6,12-13H,1-3H3. The molecule has 2 N–H and O–H groups in total. The van der Waals surface area contributed by atoms with Crippen LogP contribution in [0.4, 0.5) is 0 Å². The predicted molar refractivity (Wildman–Crippen MR) is 51.2 cm³/mol. The van der Waals surface area contributed by atoms with Gasteiger partial charge in [-0.25, -0.2) is 0 Å². The number of rotatable bonds is 0. The van der Waals surface area contributed by atoms with Gasteiger partial charge < -0.3 is 10.2 Å². The van der Waals surface area contributed by atoms with E-state index >= 15 is 0 Å². The third-order valence-electron chi connectivity index (χ3n) is 3.33. The maximum atomic E-state index is 9.63. The summed E-state index contributed by atoms with van der Waals surface area (Å²) in [6.07, 6.45) is 0. The van der Waals surface area contributed by atoms with Crippen LogP contribution in [0.1, 0.15) is 37.8 Å². The van der Waals surface area contributed by atoms with Gasteiger partial charge in [0.2, 0.25) is 0 Å². The summed E-state index contributed by atoms with van der Waals surface area (Å²) in [5.74, 6) is 0.775. The lowest BCUT2D eigenvalue weighted by molar-refractivity contribution is 0.336. The molecule has 0 bridgehead atoms. The molecule has 1 aromatic rings. The number of hydrogen-bond donors (Lipinski definition) is 2. The first kappa shape index (κ1) is 8.42. The minimum atomic E-state index is 0.0348. The smallest absolute Gasteiger partial charge is 0.123 e. The first-order valence-corrected chi connectivity index (χ1v) is 4.51. The molecule has 1 unspecified atom stereocenters. The zero-order valence-electron chi connectivity index (χ0n) is 8.13. The van der Waals surface area contributed by atoms with Crippen LogP contribution >= 0.6 is 0 Å². The Morgan fingerprint density at radius 3 is 2.46 bits per heavy atom. The zero-order valence-corrected chi connectivity index (χ0v) is 8.13. The van der Waals surface area contributed by atoms with E-state index in [2.05, 4.69) is 20.8 Å². The Morgan fingerprint density at radius 2 is 1.85 bits per heavy atom. The molecule has 0 radical (unpaired) electrons. The molecule has 2 rings (SSSR count). The van der Waals surface area contributed by atoms with Crippen LogP contribution in [-0.4, -0.2) is 10.2 Å². The van der Waals surface area contributed by atoms with Gasteiger partial charge in [-0.1, -0.05) is 20.8 Å². The first-order valence-electron chi connectivity index (χ1n) is 4.51. The molecule has 0 spiro atoms. The van der Waals surface area contributed by atoms with E-state index in [-0.39, 0.29) is 16.9 Å². The Labute approximate surface area is 77.8 Å². The quantitative estimate of drug-likeness (QED) is 0.640. The second-order valence-corrected chi connectivity index (χ2v) is 4.37. The highest BCUT2D eigenvalue weighted by Gasteiger charge is 2.44. The molecule has 1 aliphatic carbocycles. The average Bonchev–Trinajstić information content (AvgIpc) is 2.01. The molecule has 70 valence electrons. The maximum Gasteiger partial charge on any atom is 0.123 e. The molecule has 0 saturated heterocycles. The second kappa shape index (κ2) is 2.19. The van der Waals surface area contributed by atoms with E-state index in [9.17, 15) is 10.2 Å². The van der Waals surface area contributed by atoms with Gasteiger partial charge in [0.1, 0.15) is 11.5 Å². The first-order chi connectivity index (χ1) is 5.94. The number of aromatic hydroxyl groups is 2. The van der Waals surface area contributed by atoms with E-state index in [1.807, 2.05) is 0 Å². The fourth-order valence-electron chi connectivity index (χ4n) is 2.20. The SMILES string of the molecule is CC1c2cc(O)cc(O)c2C1(C)C. The van der Waals surface area contributed by atoms with Crippen LogP contribution in [0.5, 0.6) is 11.5 Å². The summed E-state index contributed by atoms with van der Waals surface area (Å²) < 4.78 is 0. The highest BCUT2D eigenvalue weighted by Crippen LogP contribution is 2.55. The Kier molecular flexibility index (Phi) is 1.42. The average molecular weight is 178 g/mol. The van der Waals surface area contributed by atoms with Crippen molar-refractivity contribution in [1.29, 1.82) is 0 Å². The summed E-state index contributed by atoms with van der Waals surface area (Å²) in [4.78, 5) is 0. The third-order valence-corrected chi connectivity index (χ3v) is 3.33. The third kappa shape index (κ3) is 0.886. The Hall–Kier alpha value is -1.18. The molecule has 0 heterocycles. The van der Waals surface area contributed by atoms with E-state index in [0.717, 1.165) is 11.1 Å². The van der Waals surface area contributed by atoms with Crippen molar-refractivity contribution in [3.05, 3.63) is 23.3 Å². The van der Waals surface area contributed by atoms with Gasteiger partial charge in [0, 0.05) is 17.0 Å². The summed E-state index contributed by atoms with van der Waals surface area (Å²) >= 11 is 0. The Morgan fingerprint density at radius 1 is 1.23 bits per heavy atom. The van der Waals surface area contributed by atoms with Crippen LogP contribution in [-0.2, 0) is 5.41 Å². The molecular weight excluding hydrogens is 164 g/mol. The van der Waals surface area contributed by atoms with Crippen LogP contribution in [0.3, 0.4) is 0 Å². The molecule has 2 nitrogen and oxygen atoms in total. The van der Waals surface area contributed by atoms with Crippen LogP contribution in [0.15, 0.2) is 12.1 Å². The second-order valence-electron chi connectivity index (χ2n) is 4.37. The Bertz CT molecular complexity index is 367. The normalized spacial score (nSPS) is 23.5. The van der Waals surface area contributed by atoms with Crippen molar-refractivity contribution in [3.8, 4) is 11.5 Å². The highest BCUT2D eigenvalue weighted by atomic mass is 16.3. The van der Waals surface area contributed by atoms with Crippen molar-refractivity contribution in [2.45, 2.75) is 32.1 Å². The van der Waals surface area contributed by atoms with E-state index in [0.29, 0.717) is 5.92 Å². The van der Waals surface area contributed by atoms with Gasteiger partial charge in [0.05, 0.1) is 0 Å². The summed E-state index contributed by atoms with van der Waals surface area (Å²) in [5.41, 5.74) is 2.09. The van der Waals surface area contributed by atoms with E-state index < -0.39 is 0 Å². The van der Waals surface area contributed by atoms with Gasteiger partial charge in [-0.3, -0.25) is 0 Å². The topological polar surface area (TPSA) is 40.5 Å². The summed E-state index contributed by atoms with van der Waals surface area (Å²) in [7, 11) is 0. The molecule has 0 aliphatic heterocycles.